The second-order valence-electron chi connectivity index (χ2n) is 8.70. The highest BCUT2D eigenvalue weighted by Gasteiger charge is 2.31. The number of halogens is 1. The van der Waals surface area contributed by atoms with Crippen molar-refractivity contribution in [1.29, 1.82) is 5.26 Å². The molecule has 0 saturated carbocycles. The Bertz CT molecular complexity index is 1360. The number of carbonyl (C=O) groups excluding carboxylic acids is 1. The number of hydrogen-bond donors (Lipinski definition) is 0. The van der Waals surface area contributed by atoms with Gasteiger partial charge in [0.15, 0.2) is 12.7 Å². The first-order valence-corrected chi connectivity index (χ1v) is 13.1. The summed E-state index contributed by atoms with van der Waals surface area (Å²) >= 11 is 7.94. The number of methoxy groups -OCH3 is 1. The fraction of sp³-hybridized carbons (Fsp3) is 0.346. The van der Waals surface area contributed by atoms with Gasteiger partial charge >= 0.3 is 0 Å². The van der Waals surface area contributed by atoms with Gasteiger partial charge in [0.25, 0.3) is 5.91 Å². The summed E-state index contributed by atoms with van der Waals surface area (Å²) in [6.45, 7) is 1.22. The maximum atomic E-state index is 12.6. The number of benzene rings is 1. The Kier molecular flexibility index (Phi) is 7.53. The van der Waals surface area contributed by atoms with Crippen LogP contribution in [0.1, 0.15) is 53.1 Å². The maximum absolute atomic E-state index is 12.6. The van der Waals surface area contributed by atoms with E-state index in [-0.39, 0.29) is 18.4 Å². The third-order valence-electron chi connectivity index (χ3n) is 6.46. The quantitative estimate of drug-likeness (QED) is 0.428. The van der Waals surface area contributed by atoms with Crippen molar-refractivity contribution in [3.63, 3.8) is 0 Å². The maximum Gasteiger partial charge on any atom is 0.260 e. The highest BCUT2D eigenvalue weighted by atomic mass is 35.5. The molecule has 1 unspecified atom stereocenters. The van der Waals surface area contributed by atoms with Crippen LogP contribution in [0.4, 0.5) is 0 Å². The summed E-state index contributed by atoms with van der Waals surface area (Å²) in [7, 11) is 1.57. The standard InChI is InChI=1S/C26H24ClN5O4S/c1-34-18-5-8-29-23(11-18)35-14-24(33)32-9-6-16(7-10-32)26-30-21(15-37-26)20-12-22(36-31-20)25-17(13-28)3-2-4-19(25)27/h2-5,8,11,15-16,22H,6-7,9-10,12,14H2,1H3. The zero-order valence-electron chi connectivity index (χ0n) is 20.1. The van der Waals surface area contributed by atoms with E-state index in [9.17, 15) is 10.1 Å². The number of likely N-dealkylation sites (tertiary alicyclic amines) is 1. The third-order valence-corrected chi connectivity index (χ3v) is 7.80. The van der Waals surface area contributed by atoms with Crippen LogP contribution in [-0.4, -0.2) is 53.3 Å². The predicted molar refractivity (Wildman–Crippen MR) is 138 cm³/mol. The Morgan fingerprint density at radius 1 is 1.32 bits per heavy atom. The molecular weight excluding hydrogens is 514 g/mol. The molecule has 11 heteroatoms. The van der Waals surface area contributed by atoms with Crippen LogP contribution in [0.5, 0.6) is 11.6 Å². The first-order valence-electron chi connectivity index (χ1n) is 11.8. The van der Waals surface area contributed by atoms with Crippen LogP contribution < -0.4 is 9.47 Å². The highest BCUT2D eigenvalue weighted by Crippen LogP contribution is 2.37. The Balaban J connectivity index is 1.14. The van der Waals surface area contributed by atoms with Gasteiger partial charge in [-0.1, -0.05) is 22.8 Å². The van der Waals surface area contributed by atoms with Crippen molar-refractivity contribution < 1.29 is 19.1 Å². The molecule has 2 aliphatic heterocycles. The van der Waals surface area contributed by atoms with Crippen molar-refractivity contribution >= 4 is 34.6 Å². The Morgan fingerprint density at radius 3 is 2.95 bits per heavy atom. The molecule has 9 nitrogen and oxygen atoms in total. The topological polar surface area (TPSA) is 110 Å². The zero-order chi connectivity index (χ0) is 25.8. The van der Waals surface area contributed by atoms with Crippen LogP contribution in [0.15, 0.2) is 47.1 Å². The molecular formula is C26H24ClN5O4S. The van der Waals surface area contributed by atoms with E-state index < -0.39 is 6.10 Å². The van der Waals surface area contributed by atoms with E-state index in [0.29, 0.717) is 47.3 Å². The van der Waals surface area contributed by atoms with E-state index in [0.717, 1.165) is 29.3 Å². The molecule has 5 rings (SSSR count). The first-order chi connectivity index (χ1) is 18.1. The molecule has 1 amide bonds. The fourth-order valence-electron chi connectivity index (χ4n) is 4.45. The van der Waals surface area contributed by atoms with Crippen molar-refractivity contribution in [2.75, 3.05) is 26.8 Å². The molecule has 0 bridgehead atoms. The predicted octanol–water partition coefficient (Wildman–Crippen LogP) is 4.72. The SMILES string of the molecule is COc1ccnc(OCC(=O)N2CCC(c3nc(C4=NOC(c5c(Cl)cccc5C#N)C4)cs3)CC2)c1. The molecule has 1 aromatic carbocycles. The number of nitriles is 1. The number of nitrogens with zero attached hydrogens (tertiary/aromatic N) is 5. The number of aromatic nitrogens is 2. The van der Waals surface area contributed by atoms with E-state index in [4.69, 9.17) is 30.9 Å². The molecule has 1 saturated heterocycles. The third kappa shape index (κ3) is 5.53. The van der Waals surface area contributed by atoms with Gasteiger partial charge in [-0.15, -0.1) is 11.3 Å². The van der Waals surface area contributed by atoms with Crippen LogP contribution in [0.2, 0.25) is 5.02 Å². The second-order valence-corrected chi connectivity index (χ2v) is 9.99. The molecule has 0 radical (unpaired) electrons. The van der Waals surface area contributed by atoms with Gasteiger partial charge in [-0.05, 0) is 31.0 Å². The van der Waals surface area contributed by atoms with Gasteiger partial charge in [-0.3, -0.25) is 4.79 Å². The molecule has 2 aliphatic rings. The van der Waals surface area contributed by atoms with Crippen molar-refractivity contribution in [2.45, 2.75) is 31.3 Å². The van der Waals surface area contributed by atoms with Crippen molar-refractivity contribution in [2.24, 2.45) is 5.16 Å². The summed E-state index contributed by atoms with van der Waals surface area (Å²) in [6, 6.07) is 10.8. The van der Waals surface area contributed by atoms with Crippen LogP contribution in [-0.2, 0) is 9.63 Å². The van der Waals surface area contributed by atoms with Gasteiger partial charge in [0.05, 0.1) is 29.4 Å². The second kappa shape index (κ2) is 11.2. The minimum absolute atomic E-state index is 0.0633. The molecule has 190 valence electrons. The minimum Gasteiger partial charge on any atom is -0.497 e. The summed E-state index contributed by atoms with van der Waals surface area (Å²) in [5, 5.41) is 17.2. The highest BCUT2D eigenvalue weighted by molar-refractivity contribution is 7.10. The van der Waals surface area contributed by atoms with Crippen LogP contribution in [0, 0.1) is 11.3 Å². The average Bonchev–Trinajstić information content (AvgIpc) is 3.62. The van der Waals surface area contributed by atoms with Crippen LogP contribution >= 0.6 is 22.9 Å². The monoisotopic (exact) mass is 537 g/mol. The number of thiazole rings is 1. The average molecular weight is 538 g/mol. The Morgan fingerprint density at radius 2 is 2.16 bits per heavy atom. The van der Waals surface area contributed by atoms with Gasteiger partial charge < -0.3 is 19.2 Å². The van der Waals surface area contributed by atoms with Crippen molar-refractivity contribution in [3.05, 3.63) is 68.8 Å². The smallest absolute Gasteiger partial charge is 0.260 e. The lowest BCUT2D eigenvalue weighted by Gasteiger charge is -2.31. The summed E-state index contributed by atoms with van der Waals surface area (Å²) in [4.78, 5) is 29.0. The zero-order valence-corrected chi connectivity index (χ0v) is 21.7. The summed E-state index contributed by atoms with van der Waals surface area (Å²) in [6.07, 6.45) is 3.32. The summed E-state index contributed by atoms with van der Waals surface area (Å²) in [5.41, 5.74) is 2.67. The van der Waals surface area contributed by atoms with Crippen molar-refractivity contribution in [3.8, 4) is 17.7 Å². The fourth-order valence-corrected chi connectivity index (χ4v) is 5.75. The first kappa shape index (κ1) is 25.0. The molecule has 37 heavy (non-hydrogen) atoms. The number of hydrogen-bond acceptors (Lipinski definition) is 9. The van der Waals surface area contributed by atoms with Crippen LogP contribution in [0.3, 0.4) is 0 Å². The van der Waals surface area contributed by atoms with E-state index in [1.165, 1.54) is 0 Å². The van der Waals surface area contributed by atoms with E-state index >= 15 is 0 Å². The number of amides is 1. The minimum atomic E-state index is -0.410. The van der Waals surface area contributed by atoms with E-state index in [2.05, 4.69) is 16.2 Å². The molecule has 2 aromatic heterocycles. The molecule has 4 heterocycles. The van der Waals surface area contributed by atoms with Gasteiger partial charge in [0.2, 0.25) is 5.88 Å². The molecule has 0 aliphatic carbocycles. The molecule has 1 fully saturated rings. The van der Waals surface area contributed by atoms with Gasteiger partial charge in [0.1, 0.15) is 11.5 Å². The van der Waals surface area contributed by atoms with Gasteiger partial charge in [0, 0.05) is 53.7 Å². The largest absolute Gasteiger partial charge is 0.497 e. The lowest BCUT2D eigenvalue weighted by Crippen LogP contribution is -2.40. The Labute approximate surface area is 223 Å². The molecule has 3 aromatic rings. The molecule has 0 N–H and O–H groups in total. The lowest BCUT2D eigenvalue weighted by atomic mass is 9.97. The van der Waals surface area contributed by atoms with Gasteiger partial charge in [-0.2, -0.15) is 5.26 Å². The van der Waals surface area contributed by atoms with Gasteiger partial charge in [-0.25, -0.2) is 9.97 Å². The number of carbonyl (C=O) groups is 1. The number of pyridine rings is 1. The number of oxime groups is 1. The molecule has 1 atom stereocenters. The summed E-state index contributed by atoms with van der Waals surface area (Å²) in [5.74, 6) is 1.19. The number of rotatable bonds is 7. The summed E-state index contributed by atoms with van der Waals surface area (Å²) < 4.78 is 10.7. The van der Waals surface area contributed by atoms with E-state index in [1.807, 2.05) is 10.3 Å². The number of piperidine rings is 1. The lowest BCUT2D eigenvalue weighted by molar-refractivity contribution is -0.134. The number of ether oxygens (including phenoxy) is 2. The Hall–Kier alpha value is -3.68. The van der Waals surface area contributed by atoms with Crippen LogP contribution in [0.25, 0.3) is 0 Å². The van der Waals surface area contributed by atoms with E-state index in [1.54, 1.807) is 55.0 Å². The molecule has 0 spiro atoms. The normalized spacial score (nSPS) is 17.6. The van der Waals surface area contributed by atoms with Crippen molar-refractivity contribution in [1.82, 2.24) is 14.9 Å².